The molecule has 5 nitrogen and oxygen atoms in total. The van der Waals surface area contributed by atoms with Gasteiger partial charge in [0.2, 0.25) is 0 Å². The normalized spacial score (nSPS) is 19.3. The first-order valence-corrected chi connectivity index (χ1v) is 9.69. The van der Waals surface area contributed by atoms with E-state index in [0.717, 1.165) is 54.7 Å². The van der Waals surface area contributed by atoms with Gasteiger partial charge in [-0.2, -0.15) is 0 Å². The van der Waals surface area contributed by atoms with Gasteiger partial charge in [-0.15, -0.1) is 11.3 Å². The summed E-state index contributed by atoms with van der Waals surface area (Å²) in [5.41, 5.74) is 2.58. The summed E-state index contributed by atoms with van der Waals surface area (Å²) in [5.74, 6) is 0.706. The Morgan fingerprint density at radius 3 is 3.12 bits per heavy atom. The molecule has 2 aliphatic heterocycles. The molecule has 1 aromatic carbocycles. The van der Waals surface area contributed by atoms with Gasteiger partial charge in [0.25, 0.3) is 0 Å². The average molecular weight is 374 g/mol. The summed E-state index contributed by atoms with van der Waals surface area (Å²) in [6, 6.07) is 7.26. The summed E-state index contributed by atoms with van der Waals surface area (Å²) in [4.78, 5) is 8.48. The molecule has 2 N–H and O–H groups in total. The number of nitrogens with zero attached hydrogens (tertiary/aromatic N) is 2. The van der Waals surface area contributed by atoms with E-state index in [4.69, 9.17) is 9.73 Å². The largest absolute Gasteiger partial charge is 0.385 e. The first-order valence-electron chi connectivity index (χ1n) is 8.87. The van der Waals surface area contributed by atoms with Crippen LogP contribution in [-0.4, -0.2) is 50.1 Å². The number of aliphatic imine (C=N–C) groups is 1. The second-order valence-corrected chi connectivity index (χ2v) is 7.96. The van der Waals surface area contributed by atoms with Crippen molar-refractivity contribution in [2.24, 2.45) is 4.99 Å². The summed E-state index contributed by atoms with van der Waals surface area (Å²) < 4.78 is 18.9. The van der Waals surface area contributed by atoms with Gasteiger partial charge in [-0.1, -0.05) is 0 Å². The lowest BCUT2D eigenvalue weighted by Gasteiger charge is -2.35. The Morgan fingerprint density at radius 1 is 1.38 bits per heavy atom. The van der Waals surface area contributed by atoms with Crippen molar-refractivity contribution in [2.45, 2.75) is 19.4 Å². The summed E-state index contributed by atoms with van der Waals surface area (Å²) in [6.07, 6.45) is 0.968. The number of methoxy groups -OCH3 is 1. The molecular weight excluding hydrogens is 351 g/mol. The average Bonchev–Trinajstić information content (AvgIpc) is 2.92. The Balaban J connectivity index is 1.71. The van der Waals surface area contributed by atoms with Crippen LogP contribution in [0.5, 0.6) is 0 Å². The van der Waals surface area contributed by atoms with Crippen LogP contribution in [0, 0.1) is 12.7 Å². The van der Waals surface area contributed by atoms with Crippen LogP contribution in [0.15, 0.2) is 29.3 Å². The van der Waals surface area contributed by atoms with E-state index < -0.39 is 0 Å². The fraction of sp³-hybridized carbons (Fsp3) is 0.421. The zero-order valence-electron chi connectivity index (χ0n) is 15.0. The Hall–Kier alpha value is -1.96. The smallest absolute Gasteiger partial charge is 0.139 e. The van der Waals surface area contributed by atoms with Crippen molar-refractivity contribution >= 4 is 33.5 Å². The fourth-order valence-corrected chi connectivity index (χ4v) is 4.41. The molecule has 0 saturated carbocycles. The van der Waals surface area contributed by atoms with Gasteiger partial charge < -0.3 is 20.3 Å². The quantitative estimate of drug-likeness (QED) is 0.861. The minimum atomic E-state index is -0.258. The number of aryl methyl sites for hydroxylation is 1. The molecule has 3 heterocycles. The Kier molecular flexibility index (Phi) is 4.93. The second kappa shape index (κ2) is 7.34. The fourth-order valence-electron chi connectivity index (χ4n) is 3.49. The van der Waals surface area contributed by atoms with Gasteiger partial charge in [0.1, 0.15) is 16.7 Å². The molecule has 26 heavy (non-hydrogen) atoms. The molecule has 1 atom stereocenters. The number of fused-ring (bicyclic) bond motifs is 2. The molecule has 0 bridgehead atoms. The van der Waals surface area contributed by atoms with E-state index in [1.165, 1.54) is 17.0 Å². The van der Waals surface area contributed by atoms with Gasteiger partial charge in [0, 0.05) is 44.3 Å². The lowest BCUT2D eigenvalue weighted by molar-refractivity contribution is 0.168. The predicted octanol–water partition coefficient (Wildman–Crippen LogP) is 3.64. The number of rotatable bonds is 3. The minimum Gasteiger partial charge on any atom is -0.385 e. The van der Waals surface area contributed by atoms with Crippen LogP contribution >= 0.6 is 11.3 Å². The number of halogens is 1. The molecule has 0 amide bonds. The Labute approximate surface area is 156 Å². The third-order valence-electron chi connectivity index (χ3n) is 4.75. The molecule has 0 aliphatic carbocycles. The van der Waals surface area contributed by atoms with E-state index in [2.05, 4.69) is 28.5 Å². The number of amidine groups is 1. The van der Waals surface area contributed by atoms with Gasteiger partial charge >= 0.3 is 0 Å². The van der Waals surface area contributed by atoms with Crippen LogP contribution in [0.3, 0.4) is 0 Å². The molecule has 0 spiro atoms. The highest BCUT2D eigenvalue weighted by Gasteiger charge is 2.27. The molecule has 2 aliphatic rings. The highest BCUT2D eigenvalue weighted by molar-refractivity contribution is 7.16. The Morgan fingerprint density at radius 2 is 2.27 bits per heavy atom. The van der Waals surface area contributed by atoms with Crippen LogP contribution < -0.4 is 10.6 Å². The van der Waals surface area contributed by atoms with Crippen molar-refractivity contribution in [1.29, 1.82) is 0 Å². The molecule has 1 fully saturated rings. The third kappa shape index (κ3) is 3.47. The first kappa shape index (κ1) is 17.5. The highest BCUT2D eigenvalue weighted by Crippen LogP contribution is 2.39. The molecule has 1 saturated heterocycles. The molecule has 138 valence electrons. The van der Waals surface area contributed by atoms with E-state index in [9.17, 15) is 4.39 Å². The number of piperazine rings is 1. The summed E-state index contributed by atoms with van der Waals surface area (Å²) in [6.45, 7) is 5.52. The standard InChI is InChI=1S/C19H23FN4OS/c1-12-9-15-18(24-7-6-21-14(11-24)5-8-25-2)22-16-4-3-13(20)10-17(16)23-19(15)26-12/h3-4,9-10,14,21,23H,5-8,11H2,1-2H3/t14-/m0/s1. The van der Waals surface area contributed by atoms with Crippen LogP contribution in [0.2, 0.25) is 0 Å². The van der Waals surface area contributed by atoms with Crippen molar-refractivity contribution in [3.63, 3.8) is 0 Å². The maximum absolute atomic E-state index is 13.7. The van der Waals surface area contributed by atoms with Crippen molar-refractivity contribution in [3.05, 3.63) is 40.5 Å². The first-order chi connectivity index (χ1) is 12.6. The van der Waals surface area contributed by atoms with Gasteiger partial charge in [0.05, 0.1) is 16.9 Å². The lowest BCUT2D eigenvalue weighted by atomic mass is 10.1. The van der Waals surface area contributed by atoms with Crippen molar-refractivity contribution in [3.8, 4) is 0 Å². The highest BCUT2D eigenvalue weighted by atomic mass is 32.1. The van der Waals surface area contributed by atoms with Crippen molar-refractivity contribution in [2.75, 3.05) is 38.7 Å². The third-order valence-corrected chi connectivity index (χ3v) is 5.72. The van der Waals surface area contributed by atoms with E-state index in [1.807, 2.05) is 0 Å². The van der Waals surface area contributed by atoms with Crippen LogP contribution in [0.4, 0.5) is 20.8 Å². The maximum atomic E-state index is 13.7. The summed E-state index contributed by atoms with van der Waals surface area (Å²) in [7, 11) is 1.73. The number of benzene rings is 1. The SMILES string of the molecule is COCC[C@H]1CN(C2=Nc3ccc(F)cc3Nc3sc(C)cc32)CCN1. The monoisotopic (exact) mass is 374 g/mol. The molecule has 2 aromatic rings. The van der Waals surface area contributed by atoms with E-state index in [-0.39, 0.29) is 5.82 Å². The van der Waals surface area contributed by atoms with E-state index in [1.54, 1.807) is 24.5 Å². The van der Waals surface area contributed by atoms with E-state index in [0.29, 0.717) is 11.7 Å². The molecule has 0 unspecified atom stereocenters. The van der Waals surface area contributed by atoms with Crippen LogP contribution in [0.1, 0.15) is 16.9 Å². The Bertz CT molecular complexity index is 835. The topological polar surface area (TPSA) is 48.9 Å². The maximum Gasteiger partial charge on any atom is 0.139 e. The van der Waals surface area contributed by atoms with Crippen LogP contribution in [-0.2, 0) is 4.74 Å². The van der Waals surface area contributed by atoms with Gasteiger partial charge in [-0.25, -0.2) is 9.38 Å². The minimum absolute atomic E-state index is 0.258. The molecule has 4 rings (SSSR count). The van der Waals surface area contributed by atoms with Crippen molar-refractivity contribution < 1.29 is 9.13 Å². The number of hydrogen-bond acceptors (Lipinski definition) is 6. The van der Waals surface area contributed by atoms with Crippen molar-refractivity contribution in [1.82, 2.24) is 10.2 Å². The molecule has 0 radical (unpaired) electrons. The second-order valence-electron chi connectivity index (χ2n) is 6.70. The van der Waals surface area contributed by atoms with Gasteiger partial charge in [0.15, 0.2) is 0 Å². The number of nitrogens with one attached hydrogen (secondary N) is 2. The molecular formula is C19H23FN4OS. The molecule has 1 aromatic heterocycles. The molecule has 7 heteroatoms. The number of thiophene rings is 1. The number of anilines is 2. The summed E-state index contributed by atoms with van der Waals surface area (Å²) >= 11 is 1.68. The number of hydrogen-bond donors (Lipinski definition) is 2. The van der Waals surface area contributed by atoms with Gasteiger partial charge in [-0.05, 0) is 37.6 Å². The van der Waals surface area contributed by atoms with E-state index >= 15 is 0 Å². The predicted molar refractivity (Wildman–Crippen MR) is 105 cm³/mol. The summed E-state index contributed by atoms with van der Waals surface area (Å²) in [5, 5.41) is 7.96. The van der Waals surface area contributed by atoms with Gasteiger partial charge in [-0.3, -0.25) is 0 Å². The van der Waals surface area contributed by atoms with Crippen LogP contribution in [0.25, 0.3) is 0 Å². The lowest BCUT2D eigenvalue weighted by Crippen LogP contribution is -2.53. The number of ether oxygens (including phenoxy) is 1. The zero-order valence-corrected chi connectivity index (χ0v) is 15.8. The zero-order chi connectivity index (χ0) is 18.1.